The van der Waals surface area contributed by atoms with E-state index in [1.54, 1.807) is 0 Å². The largest absolute Gasteiger partial charge is 0.367 e. The lowest BCUT2D eigenvalue weighted by atomic mass is 10.00. The zero-order valence-corrected chi connectivity index (χ0v) is 13.9. The summed E-state index contributed by atoms with van der Waals surface area (Å²) in [4.78, 5) is 7.38. The Labute approximate surface area is 141 Å². The fourth-order valence-corrected chi connectivity index (χ4v) is 3.60. The van der Waals surface area contributed by atoms with Crippen LogP contribution in [0.5, 0.6) is 0 Å². The van der Waals surface area contributed by atoms with E-state index in [0.29, 0.717) is 6.04 Å². The first-order chi connectivity index (χ1) is 11.7. The molecule has 1 fully saturated rings. The van der Waals surface area contributed by atoms with Gasteiger partial charge in [-0.15, -0.1) is 0 Å². The predicted molar refractivity (Wildman–Crippen MR) is 97.8 cm³/mol. The summed E-state index contributed by atoms with van der Waals surface area (Å²) in [6, 6.07) is 17.6. The average molecular weight is 320 g/mol. The number of pyridine rings is 1. The number of nitrogens with zero attached hydrogens (tertiary/aromatic N) is 2. The topological polar surface area (TPSA) is 16.1 Å². The molecule has 2 heterocycles. The van der Waals surface area contributed by atoms with Gasteiger partial charge in [-0.2, -0.15) is 0 Å². The van der Waals surface area contributed by atoms with Gasteiger partial charge in [0.25, 0.3) is 0 Å². The lowest BCUT2D eigenvalue weighted by Crippen LogP contribution is -2.37. The molecular weight excluding hydrogens is 299 g/mol. The van der Waals surface area contributed by atoms with E-state index >= 15 is 0 Å². The van der Waals surface area contributed by atoms with E-state index in [0.717, 1.165) is 34.4 Å². The maximum Gasteiger partial charge on any atom is 0.123 e. The second-order valence-corrected chi connectivity index (χ2v) is 6.59. The number of hydrogen-bond donors (Lipinski definition) is 0. The Morgan fingerprint density at radius 2 is 1.83 bits per heavy atom. The highest BCUT2D eigenvalue weighted by atomic mass is 19.1. The van der Waals surface area contributed by atoms with Crippen molar-refractivity contribution in [1.82, 2.24) is 4.98 Å². The van der Waals surface area contributed by atoms with Crippen molar-refractivity contribution in [2.24, 2.45) is 0 Å². The Hall–Kier alpha value is -2.42. The number of fused-ring (bicyclic) bond motifs is 1. The van der Waals surface area contributed by atoms with Crippen LogP contribution in [0.15, 0.2) is 54.6 Å². The molecule has 2 aromatic carbocycles. The van der Waals surface area contributed by atoms with Crippen molar-refractivity contribution < 1.29 is 4.39 Å². The summed E-state index contributed by atoms with van der Waals surface area (Å²) < 4.78 is 13.3. The molecule has 1 saturated heterocycles. The molecule has 0 N–H and O–H groups in total. The SMILES string of the molecule is C[C@H]1CCCCN1c1cc2ccccc2nc1-c1ccc(F)cc1. The van der Waals surface area contributed by atoms with Crippen LogP contribution in [0.25, 0.3) is 22.2 Å². The molecule has 1 atom stereocenters. The smallest absolute Gasteiger partial charge is 0.123 e. The molecule has 1 aromatic heterocycles. The number of para-hydroxylation sites is 1. The third-order valence-electron chi connectivity index (χ3n) is 4.93. The molecule has 0 amide bonds. The summed E-state index contributed by atoms with van der Waals surface area (Å²) in [5.74, 6) is -0.215. The molecule has 3 heteroatoms. The van der Waals surface area contributed by atoms with Crippen LogP contribution in [-0.4, -0.2) is 17.6 Å². The van der Waals surface area contributed by atoms with Crippen LogP contribution in [0.1, 0.15) is 26.2 Å². The summed E-state index contributed by atoms with van der Waals surface area (Å²) in [6.07, 6.45) is 3.69. The van der Waals surface area contributed by atoms with Gasteiger partial charge < -0.3 is 4.90 Å². The zero-order valence-electron chi connectivity index (χ0n) is 13.9. The normalized spacial score (nSPS) is 18.1. The highest BCUT2D eigenvalue weighted by Crippen LogP contribution is 2.35. The molecule has 1 aliphatic heterocycles. The van der Waals surface area contributed by atoms with E-state index in [1.165, 1.54) is 31.4 Å². The fraction of sp³-hybridized carbons (Fsp3) is 0.286. The molecule has 0 spiro atoms. The number of anilines is 1. The van der Waals surface area contributed by atoms with Crippen LogP contribution in [-0.2, 0) is 0 Å². The molecule has 0 aliphatic carbocycles. The number of rotatable bonds is 2. The Balaban J connectivity index is 1.91. The Morgan fingerprint density at radius 3 is 2.62 bits per heavy atom. The second kappa shape index (κ2) is 6.23. The van der Waals surface area contributed by atoms with Gasteiger partial charge in [0.05, 0.1) is 16.9 Å². The maximum atomic E-state index is 13.3. The van der Waals surface area contributed by atoms with Gasteiger partial charge in [-0.3, -0.25) is 0 Å². The van der Waals surface area contributed by atoms with E-state index in [2.05, 4.69) is 24.0 Å². The molecule has 3 aromatic rings. The van der Waals surface area contributed by atoms with Crippen LogP contribution in [0.2, 0.25) is 0 Å². The molecule has 24 heavy (non-hydrogen) atoms. The quantitative estimate of drug-likeness (QED) is 0.627. The van der Waals surface area contributed by atoms with Crippen molar-refractivity contribution in [3.63, 3.8) is 0 Å². The van der Waals surface area contributed by atoms with E-state index in [-0.39, 0.29) is 5.82 Å². The average Bonchev–Trinajstić information content (AvgIpc) is 2.62. The van der Waals surface area contributed by atoms with Crippen LogP contribution in [0.3, 0.4) is 0 Å². The van der Waals surface area contributed by atoms with Crippen molar-refractivity contribution in [3.05, 3.63) is 60.4 Å². The third kappa shape index (κ3) is 2.75. The monoisotopic (exact) mass is 320 g/mol. The molecular formula is C21H21FN2. The second-order valence-electron chi connectivity index (χ2n) is 6.59. The van der Waals surface area contributed by atoms with E-state index in [9.17, 15) is 4.39 Å². The summed E-state index contributed by atoms with van der Waals surface area (Å²) in [5.41, 5.74) is 4.05. The minimum atomic E-state index is -0.215. The molecule has 2 nitrogen and oxygen atoms in total. The summed E-state index contributed by atoms with van der Waals surface area (Å²) >= 11 is 0. The number of benzene rings is 2. The lowest BCUT2D eigenvalue weighted by Gasteiger charge is -2.36. The molecule has 0 unspecified atom stereocenters. The summed E-state index contributed by atoms with van der Waals surface area (Å²) in [7, 11) is 0. The lowest BCUT2D eigenvalue weighted by molar-refractivity contribution is 0.485. The third-order valence-corrected chi connectivity index (χ3v) is 4.93. The van der Waals surface area contributed by atoms with Crippen molar-refractivity contribution in [2.45, 2.75) is 32.2 Å². The Morgan fingerprint density at radius 1 is 1.04 bits per heavy atom. The zero-order chi connectivity index (χ0) is 16.5. The minimum Gasteiger partial charge on any atom is -0.367 e. The molecule has 0 radical (unpaired) electrons. The summed E-state index contributed by atoms with van der Waals surface area (Å²) in [5, 5.41) is 1.15. The number of hydrogen-bond acceptors (Lipinski definition) is 2. The van der Waals surface area contributed by atoms with E-state index in [4.69, 9.17) is 4.98 Å². The van der Waals surface area contributed by atoms with Gasteiger partial charge in [0, 0.05) is 23.5 Å². The van der Waals surface area contributed by atoms with Crippen LogP contribution >= 0.6 is 0 Å². The van der Waals surface area contributed by atoms with Crippen LogP contribution in [0, 0.1) is 5.82 Å². The van der Waals surface area contributed by atoms with Gasteiger partial charge in [-0.1, -0.05) is 18.2 Å². The Kier molecular flexibility index (Phi) is 3.93. The van der Waals surface area contributed by atoms with E-state index in [1.807, 2.05) is 30.3 Å². The van der Waals surface area contributed by atoms with Crippen LogP contribution < -0.4 is 4.90 Å². The highest BCUT2D eigenvalue weighted by Gasteiger charge is 2.22. The van der Waals surface area contributed by atoms with E-state index < -0.39 is 0 Å². The van der Waals surface area contributed by atoms with Gasteiger partial charge in [0.2, 0.25) is 0 Å². The predicted octanol–water partition coefficient (Wildman–Crippen LogP) is 5.42. The first-order valence-corrected chi connectivity index (χ1v) is 8.65. The maximum absolute atomic E-state index is 13.3. The first-order valence-electron chi connectivity index (χ1n) is 8.65. The standard InChI is InChI=1S/C21H21FN2/c1-15-6-4-5-13-24(15)20-14-17-7-2-3-8-19(17)23-21(20)16-9-11-18(22)12-10-16/h2-3,7-12,14-15H,4-6,13H2,1H3/t15-/m0/s1. The Bertz CT molecular complexity index is 857. The molecule has 0 saturated carbocycles. The van der Waals surface area contributed by atoms with Gasteiger partial charge in [-0.05, 0) is 62.6 Å². The molecule has 4 rings (SSSR count). The van der Waals surface area contributed by atoms with Gasteiger partial charge in [-0.25, -0.2) is 9.37 Å². The van der Waals surface area contributed by atoms with Crippen molar-refractivity contribution in [1.29, 1.82) is 0 Å². The van der Waals surface area contributed by atoms with Gasteiger partial charge in [0.1, 0.15) is 5.82 Å². The van der Waals surface area contributed by atoms with Crippen molar-refractivity contribution in [3.8, 4) is 11.3 Å². The molecule has 122 valence electrons. The van der Waals surface area contributed by atoms with Gasteiger partial charge in [0.15, 0.2) is 0 Å². The number of halogens is 1. The van der Waals surface area contributed by atoms with Crippen molar-refractivity contribution in [2.75, 3.05) is 11.4 Å². The van der Waals surface area contributed by atoms with Crippen molar-refractivity contribution >= 4 is 16.6 Å². The minimum absolute atomic E-state index is 0.215. The number of piperidine rings is 1. The van der Waals surface area contributed by atoms with Crippen LogP contribution in [0.4, 0.5) is 10.1 Å². The summed E-state index contributed by atoms with van der Waals surface area (Å²) in [6.45, 7) is 3.33. The number of aromatic nitrogens is 1. The fourth-order valence-electron chi connectivity index (χ4n) is 3.60. The molecule has 1 aliphatic rings. The first kappa shape index (κ1) is 15.1. The molecule has 0 bridgehead atoms. The van der Waals surface area contributed by atoms with Gasteiger partial charge >= 0.3 is 0 Å². The highest BCUT2D eigenvalue weighted by molar-refractivity contribution is 5.89.